The Balaban J connectivity index is 2.00. The molecular formula is C14H19ClN2O2. The van der Waals surface area contributed by atoms with Crippen LogP contribution in [0.25, 0.3) is 0 Å². The summed E-state index contributed by atoms with van der Waals surface area (Å²) in [6.45, 7) is 3.81. The van der Waals surface area contributed by atoms with Crippen molar-refractivity contribution in [2.24, 2.45) is 5.92 Å². The van der Waals surface area contributed by atoms with Gasteiger partial charge in [-0.05, 0) is 37.0 Å². The maximum Gasteiger partial charge on any atom is 0.321 e. The van der Waals surface area contributed by atoms with Crippen LogP contribution in [0.2, 0.25) is 5.02 Å². The number of nitrogens with zero attached hydrogens (tertiary/aromatic N) is 1. The lowest BCUT2D eigenvalue weighted by Gasteiger charge is -2.30. The predicted molar refractivity (Wildman–Crippen MR) is 77.0 cm³/mol. The molecule has 0 spiro atoms. The molecule has 19 heavy (non-hydrogen) atoms. The van der Waals surface area contributed by atoms with Crippen LogP contribution < -0.4 is 10.1 Å². The van der Waals surface area contributed by atoms with Gasteiger partial charge in [0.05, 0.1) is 12.1 Å². The van der Waals surface area contributed by atoms with Gasteiger partial charge in [-0.15, -0.1) is 0 Å². The number of urea groups is 1. The molecule has 0 aromatic heterocycles. The summed E-state index contributed by atoms with van der Waals surface area (Å²) in [5.74, 6) is 1.17. The fourth-order valence-electron chi connectivity index (χ4n) is 2.32. The average Bonchev–Trinajstić information content (AvgIpc) is 2.39. The minimum absolute atomic E-state index is 0.0622. The van der Waals surface area contributed by atoms with Gasteiger partial charge in [-0.3, -0.25) is 0 Å². The topological polar surface area (TPSA) is 41.6 Å². The number of amides is 2. The number of hydrogen-bond acceptors (Lipinski definition) is 2. The summed E-state index contributed by atoms with van der Waals surface area (Å²) in [6, 6.07) is 5.17. The molecule has 1 aromatic carbocycles. The second-order valence-electron chi connectivity index (χ2n) is 4.97. The molecule has 4 nitrogen and oxygen atoms in total. The number of methoxy groups -OCH3 is 1. The minimum Gasteiger partial charge on any atom is -0.495 e. The van der Waals surface area contributed by atoms with Crippen LogP contribution in [-0.2, 0) is 0 Å². The van der Waals surface area contributed by atoms with Crippen LogP contribution >= 0.6 is 11.6 Å². The zero-order valence-electron chi connectivity index (χ0n) is 11.3. The summed E-state index contributed by atoms with van der Waals surface area (Å²) >= 11 is 6.03. The van der Waals surface area contributed by atoms with E-state index in [1.54, 1.807) is 25.3 Å². The van der Waals surface area contributed by atoms with Gasteiger partial charge in [0, 0.05) is 18.8 Å². The summed E-state index contributed by atoms with van der Waals surface area (Å²) in [6.07, 6.45) is 2.26. The molecule has 0 saturated carbocycles. The van der Waals surface area contributed by atoms with Crippen molar-refractivity contribution in [2.45, 2.75) is 19.8 Å². The van der Waals surface area contributed by atoms with Gasteiger partial charge in [0.15, 0.2) is 0 Å². The monoisotopic (exact) mass is 282 g/mol. The highest BCUT2D eigenvalue weighted by Crippen LogP contribution is 2.27. The predicted octanol–water partition coefficient (Wildman–Crippen LogP) is 3.61. The zero-order valence-corrected chi connectivity index (χ0v) is 12.0. The highest BCUT2D eigenvalue weighted by atomic mass is 35.5. The SMILES string of the molecule is COc1ccc(NC(=O)N2CCCC(C)C2)cc1Cl. The quantitative estimate of drug-likeness (QED) is 0.900. The lowest BCUT2D eigenvalue weighted by Crippen LogP contribution is -2.41. The van der Waals surface area contributed by atoms with Gasteiger partial charge in [0.25, 0.3) is 0 Å². The minimum atomic E-state index is -0.0622. The van der Waals surface area contributed by atoms with Gasteiger partial charge in [0.2, 0.25) is 0 Å². The molecule has 1 saturated heterocycles. The van der Waals surface area contributed by atoms with Gasteiger partial charge < -0.3 is 15.0 Å². The zero-order chi connectivity index (χ0) is 13.8. The van der Waals surface area contributed by atoms with Gasteiger partial charge in [-0.2, -0.15) is 0 Å². The number of carbonyl (C=O) groups excluding carboxylic acids is 1. The summed E-state index contributed by atoms with van der Waals surface area (Å²) in [5, 5.41) is 3.36. The maximum atomic E-state index is 12.1. The highest BCUT2D eigenvalue weighted by Gasteiger charge is 2.20. The van der Waals surface area contributed by atoms with E-state index in [9.17, 15) is 4.79 Å². The largest absolute Gasteiger partial charge is 0.495 e. The maximum absolute atomic E-state index is 12.1. The molecule has 2 rings (SSSR count). The van der Waals surface area contributed by atoms with E-state index in [2.05, 4.69) is 12.2 Å². The second kappa shape index (κ2) is 6.15. The van der Waals surface area contributed by atoms with Crippen LogP contribution in [0.15, 0.2) is 18.2 Å². The fraction of sp³-hybridized carbons (Fsp3) is 0.500. The van der Waals surface area contributed by atoms with Crippen molar-refractivity contribution in [1.29, 1.82) is 0 Å². The second-order valence-corrected chi connectivity index (χ2v) is 5.38. The Kier molecular flexibility index (Phi) is 4.53. The Morgan fingerprint density at radius 1 is 1.53 bits per heavy atom. The van der Waals surface area contributed by atoms with Gasteiger partial charge in [0.1, 0.15) is 5.75 Å². The van der Waals surface area contributed by atoms with Crippen LogP contribution in [0.4, 0.5) is 10.5 Å². The van der Waals surface area contributed by atoms with Crippen molar-refractivity contribution in [2.75, 3.05) is 25.5 Å². The molecule has 5 heteroatoms. The molecule has 1 fully saturated rings. The van der Waals surface area contributed by atoms with E-state index < -0.39 is 0 Å². The Labute approximate surface area is 118 Å². The third-order valence-corrected chi connectivity index (χ3v) is 3.64. The summed E-state index contributed by atoms with van der Waals surface area (Å²) in [7, 11) is 1.56. The number of benzene rings is 1. The Hall–Kier alpha value is -1.42. The number of hydrogen-bond donors (Lipinski definition) is 1. The third-order valence-electron chi connectivity index (χ3n) is 3.35. The molecule has 2 amide bonds. The molecule has 0 bridgehead atoms. The Morgan fingerprint density at radius 2 is 2.32 bits per heavy atom. The van der Waals surface area contributed by atoms with Crippen molar-refractivity contribution < 1.29 is 9.53 Å². The van der Waals surface area contributed by atoms with Crippen molar-refractivity contribution in [3.63, 3.8) is 0 Å². The van der Waals surface area contributed by atoms with Crippen molar-refractivity contribution in [1.82, 2.24) is 4.90 Å². The first kappa shape index (κ1) is 14.0. The molecule has 0 radical (unpaired) electrons. The number of halogens is 1. The van der Waals surface area contributed by atoms with E-state index in [0.717, 1.165) is 19.5 Å². The Morgan fingerprint density at radius 3 is 2.95 bits per heavy atom. The molecule has 1 aromatic rings. The lowest BCUT2D eigenvalue weighted by molar-refractivity contribution is 0.182. The molecule has 1 aliphatic heterocycles. The number of carbonyl (C=O) groups is 1. The van der Waals surface area contributed by atoms with E-state index in [-0.39, 0.29) is 6.03 Å². The first-order chi connectivity index (χ1) is 9.10. The van der Waals surface area contributed by atoms with E-state index in [1.807, 2.05) is 4.90 Å². The molecule has 1 N–H and O–H groups in total. The van der Waals surface area contributed by atoms with Gasteiger partial charge in [-0.25, -0.2) is 4.79 Å². The number of likely N-dealkylation sites (tertiary alicyclic amines) is 1. The number of ether oxygens (including phenoxy) is 1. The molecule has 1 atom stereocenters. The summed E-state index contributed by atoms with van der Waals surface area (Å²) in [4.78, 5) is 14.0. The number of piperidine rings is 1. The van der Waals surface area contributed by atoms with Crippen molar-refractivity contribution in [3.05, 3.63) is 23.2 Å². The Bertz CT molecular complexity index is 465. The fourth-order valence-corrected chi connectivity index (χ4v) is 2.58. The average molecular weight is 283 g/mol. The standard InChI is InChI=1S/C14H19ClN2O2/c1-10-4-3-7-17(9-10)14(18)16-11-5-6-13(19-2)12(15)8-11/h5-6,8,10H,3-4,7,9H2,1-2H3,(H,16,18). The molecule has 1 heterocycles. The normalized spacial score (nSPS) is 19.1. The number of anilines is 1. The first-order valence-corrected chi connectivity index (χ1v) is 6.87. The first-order valence-electron chi connectivity index (χ1n) is 6.49. The van der Waals surface area contributed by atoms with E-state index in [4.69, 9.17) is 16.3 Å². The molecule has 1 unspecified atom stereocenters. The molecule has 0 aliphatic carbocycles. The van der Waals surface area contributed by atoms with Crippen LogP contribution in [0, 0.1) is 5.92 Å². The van der Waals surface area contributed by atoms with Crippen molar-refractivity contribution >= 4 is 23.3 Å². The summed E-state index contributed by atoms with van der Waals surface area (Å²) in [5.41, 5.74) is 0.689. The number of rotatable bonds is 2. The van der Waals surface area contributed by atoms with Crippen molar-refractivity contribution in [3.8, 4) is 5.75 Å². The van der Waals surface area contributed by atoms with E-state index in [1.165, 1.54) is 6.42 Å². The molecule has 104 valence electrons. The lowest BCUT2D eigenvalue weighted by atomic mass is 10.0. The van der Waals surface area contributed by atoms with Gasteiger partial charge in [-0.1, -0.05) is 18.5 Å². The van der Waals surface area contributed by atoms with Gasteiger partial charge >= 0.3 is 6.03 Å². The van der Waals surface area contributed by atoms with Crippen LogP contribution in [-0.4, -0.2) is 31.1 Å². The third kappa shape index (κ3) is 3.53. The highest BCUT2D eigenvalue weighted by molar-refractivity contribution is 6.32. The van der Waals surface area contributed by atoms with Crippen LogP contribution in [0.3, 0.4) is 0 Å². The summed E-state index contributed by atoms with van der Waals surface area (Å²) < 4.78 is 5.08. The van der Waals surface area contributed by atoms with E-state index in [0.29, 0.717) is 22.4 Å². The van der Waals surface area contributed by atoms with E-state index >= 15 is 0 Å². The number of nitrogens with one attached hydrogen (secondary N) is 1. The van der Waals surface area contributed by atoms with Crippen LogP contribution in [0.1, 0.15) is 19.8 Å². The molecule has 1 aliphatic rings. The molecular weight excluding hydrogens is 264 g/mol. The van der Waals surface area contributed by atoms with Crippen LogP contribution in [0.5, 0.6) is 5.75 Å². The smallest absolute Gasteiger partial charge is 0.321 e.